The average molecular weight is 754 g/mol. The van der Waals surface area contributed by atoms with Crippen molar-refractivity contribution in [2.24, 2.45) is 0 Å². The maximum Gasteiger partial charge on any atom is 0.0729 e. The standard InChI is InChI=1S/C58H43N/c1-4-37-29-30-39-19-16-24-48-45-23-10-14-27-51(45)58(56(37)55(39)48)50-26-13-9-22-44(50)47-34-32-41(36-53(47)58)59(54-28-15-11-20-42(54)38-17-6-5-7-18-38)40-31-33-46-43-21-8-12-25-49(43)57(2,3)52(46)35-40/h5-36H,4H2,1-3H3. The van der Waals surface area contributed by atoms with Crippen molar-refractivity contribution < 1.29 is 0 Å². The highest BCUT2D eigenvalue weighted by Crippen LogP contribution is 2.63. The first-order valence-corrected chi connectivity index (χ1v) is 21.1. The zero-order chi connectivity index (χ0) is 39.5. The number of rotatable bonds is 5. The largest absolute Gasteiger partial charge is 0.310 e. The third-order valence-corrected chi connectivity index (χ3v) is 13.9. The predicted octanol–water partition coefficient (Wildman–Crippen LogP) is 15.2. The molecule has 0 aliphatic heterocycles. The summed E-state index contributed by atoms with van der Waals surface area (Å²) in [4.78, 5) is 2.53. The Balaban J connectivity index is 1.18. The van der Waals surface area contributed by atoms with Crippen molar-refractivity contribution >= 4 is 27.8 Å². The van der Waals surface area contributed by atoms with E-state index in [9.17, 15) is 0 Å². The molecule has 59 heavy (non-hydrogen) atoms. The molecule has 1 unspecified atom stereocenters. The second kappa shape index (κ2) is 12.5. The summed E-state index contributed by atoms with van der Waals surface area (Å²) in [6.07, 6.45) is 0.949. The minimum Gasteiger partial charge on any atom is -0.310 e. The van der Waals surface area contributed by atoms with Crippen LogP contribution in [0.4, 0.5) is 17.1 Å². The number of hydrogen-bond acceptors (Lipinski definition) is 1. The molecule has 0 aromatic heterocycles. The van der Waals surface area contributed by atoms with Crippen molar-refractivity contribution in [3.63, 3.8) is 0 Å². The SMILES string of the molecule is CCc1ccc2cccc3c2c1C1(c2ccccc2-c2ccc(N(c4ccc5c(c4)C(C)(C)c4ccccc4-5)c4ccccc4-c4ccccc4)cc21)c1ccccc1-3. The number of fused-ring (bicyclic) bond motifs is 12. The van der Waals surface area contributed by atoms with E-state index in [1.807, 2.05) is 0 Å². The lowest BCUT2D eigenvalue weighted by atomic mass is 9.60. The van der Waals surface area contributed by atoms with Gasteiger partial charge in [-0.15, -0.1) is 0 Å². The molecular formula is C58H43N. The molecule has 0 heterocycles. The van der Waals surface area contributed by atoms with Gasteiger partial charge in [-0.1, -0.05) is 185 Å². The van der Waals surface area contributed by atoms with Crippen LogP contribution in [0.5, 0.6) is 0 Å². The Kier molecular flexibility index (Phi) is 7.24. The summed E-state index contributed by atoms with van der Waals surface area (Å²) < 4.78 is 0. The van der Waals surface area contributed by atoms with Gasteiger partial charge in [0.1, 0.15) is 0 Å². The summed E-state index contributed by atoms with van der Waals surface area (Å²) in [7, 11) is 0. The first-order chi connectivity index (χ1) is 29.0. The van der Waals surface area contributed by atoms with Crippen molar-refractivity contribution in [1.29, 1.82) is 0 Å². The molecule has 9 aromatic rings. The number of nitrogens with zero attached hydrogens (tertiary/aromatic N) is 1. The number of benzene rings is 9. The number of anilines is 3. The van der Waals surface area contributed by atoms with E-state index >= 15 is 0 Å². The fourth-order valence-corrected chi connectivity index (χ4v) is 11.3. The monoisotopic (exact) mass is 753 g/mol. The summed E-state index contributed by atoms with van der Waals surface area (Å²) in [6.45, 7) is 7.08. The van der Waals surface area contributed by atoms with E-state index in [1.54, 1.807) is 0 Å². The highest BCUT2D eigenvalue weighted by atomic mass is 15.1. The van der Waals surface area contributed by atoms with E-state index in [-0.39, 0.29) is 5.41 Å². The molecule has 3 aliphatic rings. The van der Waals surface area contributed by atoms with Gasteiger partial charge < -0.3 is 4.90 Å². The van der Waals surface area contributed by atoms with E-state index in [0.717, 1.165) is 23.5 Å². The molecule has 0 bridgehead atoms. The first kappa shape index (κ1) is 34.1. The second-order valence-electron chi connectivity index (χ2n) is 17.0. The molecule has 0 saturated carbocycles. The molecule has 0 amide bonds. The van der Waals surface area contributed by atoms with Gasteiger partial charge in [0.05, 0.1) is 11.1 Å². The van der Waals surface area contributed by atoms with Gasteiger partial charge in [0.15, 0.2) is 0 Å². The quantitative estimate of drug-likeness (QED) is 0.169. The van der Waals surface area contributed by atoms with E-state index in [2.05, 4.69) is 220 Å². The van der Waals surface area contributed by atoms with Crippen LogP contribution in [-0.4, -0.2) is 0 Å². The number of hydrogen-bond donors (Lipinski definition) is 0. The van der Waals surface area contributed by atoms with Crippen LogP contribution >= 0.6 is 0 Å². The molecule has 1 heteroatoms. The minimum absolute atomic E-state index is 0.134. The third-order valence-electron chi connectivity index (χ3n) is 13.9. The van der Waals surface area contributed by atoms with Gasteiger partial charge in [-0.05, 0) is 125 Å². The van der Waals surface area contributed by atoms with Crippen LogP contribution in [0.3, 0.4) is 0 Å². The minimum atomic E-state index is -0.510. The van der Waals surface area contributed by atoms with Gasteiger partial charge in [0, 0.05) is 22.4 Å². The highest BCUT2D eigenvalue weighted by Gasteiger charge is 2.51. The van der Waals surface area contributed by atoms with Crippen LogP contribution in [0.2, 0.25) is 0 Å². The third kappa shape index (κ3) is 4.56. The number of para-hydroxylation sites is 1. The van der Waals surface area contributed by atoms with Crippen LogP contribution in [0.25, 0.3) is 55.3 Å². The van der Waals surface area contributed by atoms with Crippen molar-refractivity contribution in [3.8, 4) is 44.5 Å². The van der Waals surface area contributed by atoms with Gasteiger partial charge in [0.25, 0.3) is 0 Å². The maximum absolute atomic E-state index is 2.55. The van der Waals surface area contributed by atoms with E-state index in [0.29, 0.717) is 0 Å². The molecule has 0 radical (unpaired) electrons. The molecule has 12 rings (SSSR count). The fraction of sp³-hybridized carbons (Fsp3) is 0.103. The van der Waals surface area contributed by atoms with Crippen LogP contribution in [-0.2, 0) is 17.3 Å². The molecule has 280 valence electrons. The second-order valence-corrected chi connectivity index (χ2v) is 17.0. The topological polar surface area (TPSA) is 3.24 Å². The highest BCUT2D eigenvalue weighted by molar-refractivity contribution is 6.08. The lowest BCUT2D eigenvalue weighted by Crippen LogP contribution is -2.33. The van der Waals surface area contributed by atoms with Crippen molar-refractivity contribution in [2.75, 3.05) is 4.90 Å². The Morgan fingerprint density at radius 2 is 0.932 bits per heavy atom. The van der Waals surface area contributed by atoms with Crippen molar-refractivity contribution in [2.45, 2.75) is 38.0 Å². The van der Waals surface area contributed by atoms with E-state index in [4.69, 9.17) is 0 Å². The van der Waals surface area contributed by atoms with Gasteiger partial charge >= 0.3 is 0 Å². The summed E-state index contributed by atoms with van der Waals surface area (Å²) >= 11 is 0. The Hall–Kier alpha value is -6.96. The maximum atomic E-state index is 2.55. The summed E-state index contributed by atoms with van der Waals surface area (Å²) in [6, 6.07) is 73.3. The lowest BCUT2D eigenvalue weighted by Gasteiger charge is -2.41. The normalized spacial score (nSPS) is 16.0. The van der Waals surface area contributed by atoms with E-state index < -0.39 is 5.41 Å². The van der Waals surface area contributed by atoms with Crippen molar-refractivity contribution in [1.82, 2.24) is 0 Å². The molecule has 1 atom stereocenters. The molecule has 1 nitrogen and oxygen atoms in total. The summed E-state index contributed by atoms with van der Waals surface area (Å²) in [5.74, 6) is 0. The molecule has 3 aliphatic carbocycles. The van der Waals surface area contributed by atoms with Crippen LogP contribution in [0.15, 0.2) is 194 Å². The number of aryl methyl sites for hydroxylation is 1. The molecule has 0 fully saturated rings. The molecule has 0 N–H and O–H groups in total. The van der Waals surface area contributed by atoms with E-state index in [1.165, 1.54) is 94.2 Å². The van der Waals surface area contributed by atoms with Gasteiger partial charge in [0.2, 0.25) is 0 Å². The molecule has 0 saturated heterocycles. The smallest absolute Gasteiger partial charge is 0.0729 e. The predicted molar refractivity (Wildman–Crippen MR) is 247 cm³/mol. The molecule has 1 spiro atoms. The Labute approximate surface area is 346 Å². The zero-order valence-electron chi connectivity index (χ0n) is 33.6. The van der Waals surface area contributed by atoms with Gasteiger partial charge in [-0.3, -0.25) is 0 Å². The lowest BCUT2D eigenvalue weighted by molar-refractivity contribution is 0.660. The fourth-order valence-electron chi connectivity index (χ4n) is 11.3. The van der Waals surface area contributed by atoms with Crippen molar-refractivity contribution in [3.05, 3.63) is 233 Å². The van der Waals surface area contributed by atoms with Crippen LogP contribution in [0, 0.1) is 0 Å². The Morgan fingerprint density at radius 1 is 0.407 bits per heavy atom. The Morgan fingerprint density at radius 3 is 1.63 bits per heavy atom. The van der Waals surface area contributed by atoms with Gasteiger partial charge in [-0.2, -0.15) is 0 Å². The molecular weight excluding hydrogens is 711 g/mol. The van der Waals surface area contributed by atoms with Crippen LogP contribution < -0.4 is 4.90 Å². The van der Waals surface area contributed by atoms with Crippen LogP contribution in [0.1, 0.15) is 59.7 Å². The molecule has 9 aromatic carbocycles. The Bertz CT molecular complexity index is 3190. The van der Waals surface area contributed by atoms with Gasteiger partial charge in [-0.25, -0.2) is 0 Å². The average Bonchev–Trinajstić information content (AvgIpc) is 3.70. The first-order valence-electron chi connectivity index (χ1n) is 21.1. The summed E-state index contributed by atoms with van der Waals surface area (Å²) in [5.41, 5.74) is 22.8. The summed E-state index contributed by atoms with van der Waals surface area (Å²) in [5, 5.41) is 2.68. The zero-order valence-corrected chi connectivity index (χ0v) is 33.6.